The number of nitrogens with zero attached hydrogens (tertiary/aromatic N) is 1. The highest BCUT2D eigenvalue weighted by Crippen LogP contribution is 2.23. The molecule has 5 heteroatoms. The zero-order valence-corrected chi connectivity index (χ0v) is 9.50. The molecule has 0 fully saturated rings. The Bertz CT molecular complexity index is 432. The number of hydrogen-bond acceptors (Lipinski definition) is 2. The number of nitro groups is 1. The van der Waals surface area contributed by atoms with Crippen LogP contribution in [0.25, 0.3) is 6.08 Å². The topological polar surface area (TPSA) is 43.1 Å². The van der Waals surface area contributed by atoms with E-state index in [0.29, 0.717) is 17.9 Å². The predicted molar refractivity (Wildman–Crippen MR) is 62.2 cm³/mol. The molecular weight excluding hydrogens is 233 g/mol. The number of hydrogen-bond donors (Lipinski definition) is 0. The smallest absolute Gasteiger partial charge is 0.258 e. The van der Waals surface area contributed by atoms with E-state index >= 15 is 0 Å². The normalized spacial score (nSPS) is 10.9. The summed E-state index contributed by atoms with van der Waals surface area (Å²) in [6, 6.07) is 2.40. The first kappa shape index (κ1) is 12.6. The van der Waals surface area contributed by atoms with Gasteiger partial charge in [-0.1, -0.05) is 12.2 Å². The van der Waals surface area contributed by atoms with Crippen LogP contribution < -0.4 is 0 Å². The summed E-state index contributed by atoms with van der Waals surface area (Å²) in [6.07, 6.45) is 3.79. The van der Waals surface area contributed by atoms with Crippen LogP contribution >= 0.6 is 11.6 Å². The highest BCUT2D eigenvalue weighted by Gasteiger charge is 2.13. The highest BCUT2D eigenvalue weighted by atomic mass is 35.5. The number of halogens is 2. The van der Waals surface area contributed by atoms with E-state index in [1.807, 2.05) is 0 Å². The highest BCUT2D eigenvalue weighted by molar-refractivity contribution is 6.17. The van der Waals surface area contributed by atoms with Gasteiger partial charge in [-0.25, -0.2) is 4.39 Å². The summed E-state index contributed by atoms with van der Waals surface area (Å²) in [5.74, 6) is -0.0274. The minimum Gasteiger partial charge on any atom is -0.258 e. The van der Waals surface area contributed by atoms with E-state index in [-0.39, 0.29) is 11.3 Å². The van der Waals surface area contributed by atoms with Crippen LogP contribution in [0, 0.1) is 22.9 Å². The van der Waals surface area contributed by atoms with Crippen molar-refractivity contribution in [3.63, 3.8) is 0 Å². The number of aryl methyl sites for hydroxylation is 1. The van der Waals surface area contributed by atoms with Crippen molar-refractivity contribution < 1.29 is 9.31 Å². The summed E-state index contributed by atoms with van der Waals surface area (Å²) in [7, 11) is 0. The summed E-state index contributed by atoms with van der Waals surface area (Å²) in [5.41, 5.74) is 0.450. The third kappa shape index (κ3) is 3.03. The molecule has 0 bridgehead atoms. The monoisotopic (exact) mass is 243 g/mol. The van der Waals surface area contributed by atoms with Crippen molar-refractivity contribution in [3.05, 3.63) is 45.3 Å². The van der Waals surface area contributed by atoms with Crippen LogP contribution in [-0.2, 0) is 0 Å². The average molecular weight is 244 g/mol. The lowest BCUT2D eigenvalue weighted by Gasteiger charge is -2.01. The standard InChI is InChI=1S/C11H11ClFNO2/c1-8-6-10(13)9(4-2-3-5-12)7-11(8)14(15)16/h2,4,6-7H,3,5H2,1H3. The number of benzene rings is 1. The summed E-state index contributed by atoms with van der Waals surface area (Å²) in [6.45, 7) is 1.51. The molecule has 0 amide bonds. The van der Waals surface area contributed by atoms with Gasteiger partial charge >= 0.3 is 0 Å². The molecule has 0 saturated heterocycles. The second-order valence-electron chi connectivity index (χ2n) is 3.30. The Morgan fingerprint density at radius 3 is 2.81 bits per heavy atom. The minimum absolute atomic E-state index is 0.0769. The van der Waals surface area contributed by atoms with Crippen LogP contribution in [0.1, 0.15) is 17.5 Å². The van der Waals surface area contributed by atoms with Gasteiger partial charge in [-0.05, 0) is 19.4 Å². The van der Waals surface area contributed by atoms with Crippen molar-refractivity contribution in [1.82, 2.24) is 0 Å². The van der Waals surface area contributed by atoms with Gasteiger partial charge in [0.2, 0.25) is 0 Å². The SMILES string of the molecule is Cc1cc(F)c(C=CCCCl)cc1[N+](=O)[O-]. The van der Waals surface area contributed by atoms with Gasteiger partial charge in [0.15, 0.2) is 0 Å². The minimum atomic E-state index is -0.520. The Labute approximate surface area is 97.7 Å². The van der Waals surface area contributed by atoms with E-state index in [4.69, 9.17) is 11.6 Å². The molecule has 0 heterocycles. The van der Waals surface area contributed by atoms with E-state index in [1.54, 1.807) is 6.08 Å². The lowest BCUT2D eigenvalue weighted by atomic mass is 10.1. The van der Waals surface area contributed by atoms with Crippen LogP contribution in [0.4, 0.5) is 10.1 Å². The number of nitro benzene ring substituents is 1. The number of allylic oxidation sites excluding steroid dienone is 1. The fourth-order valence-corrected chi connectivity index (χ4v) is 1.40. The van der Waals surface area contributed by atoms with Gasteiger partial charge in [-0.3, -0.25) is 10.1 Å². The fourth-order valence-electron chi connectivity index (χ4n) is 1.28. The van der Waals surface area contributed by atoms with E-state index < -0.39 is 10.7 Å². The molecule has 0 aromatic heterocycles. The van der Waals surface area contributed by atoms with Crippen LogP contribution in [0.5, 0.6) is 0 Å². The molecule has 0 saturated carbocycles. The van der Waals surface area contributed by atoms with Crippen LogP contribution in [0.3, 0.4) is 0 Å². The summed E-state index contributed by atoms with van der Waals surface area (Å²) < 4.78 is 13.4. The maximum atomic E-state index is 13.4. The third-order valence-electron chi connectivity index (χ3n) is 2.09. The first-order chi connectivity index (χ1) is 7.56. The average Bonchev–Trinajstić information content (AvgIpc) is 2.21. The van der Waals surface area contributed by atoms with E-state index in [0.717, 1.165) is 0 Å². The van der Waals surface area contributed by atoms with Gasteiger partial charge in [-0.2, -0.15) is 0 Å². The molecule has 1 aromatic rings. The maximum absolute atomic E-state index is 13.4. The van der Waals surface area contributed by atoms with Crippen molar-refractivity contribution in [3.8, 4) is 0 Å². The largest absolute Gasteiger partial charge is 0.273 e. The molecule has 0 aliphatic rings. The molecule has 1 rings (SSSR count). The fraction of sp³-hybridized carbons (Fsp3) is 0.273. The van der Waals surface area contributed by atoms with Gasteiger partial charge in [-0.15, -0.1) is 11.6 Å². The molecule has 0 spiro atoms. The number of rotatable bonds is 4. The Hall–Kier alpha value is -1.42. The molecule has 0 atom stereocenters. The molecule has 86 valence electrons. The van der Waals surface area contributed by atoms with Gasteiger partial charge in [0, 0.05) is 23.1 Å². The number of alkyl halides is 1. The maximum Gasteiger partial charge on any atom is 0.273 e. The van der Waals surface area contributed by atoms with E-state index in [9.17, 15) is 14.5 Å². The van der Waals surface area contributed by atoms with Crippen LogP contribution in [0.2, 0.25) is 0 Å². The molecule has 1 aromatic carbocycles. The van der Waals surface area contributed by atoms with Crippen molar-refractivity contribution in [2.45, 2.75) is 13.3 Å². The lowest BCUT2D eigenvalue weighted by Crippen LogP contribution is -1.94. The molecule has 0 aliphatic carbocycles. The molecule has 0 radical (unpaired) electrons. The second-order valence-corrected chi connectivity index (χ2v) is 3.68. The van der Waals surface area contributed by atoms with Gasteiger partial charge < -0.3 is 0 Å². The molecule has 0 unspecified atom stereocenters. The zero-order chi connectivity index (χ0) is 12.1. The Morgan fingerprint density at radius 1 is 1.56 bits per heavy atom. The predicted octanol–water partition coefficient (Wildman–Crippen LogP) is 3.68. The molecule has 3 nitrogen and oxygen atoms in total. The first-order valence-electron chi connectivity index (χ1n) is 4.73. The van der Waals surface area contributed by atoms with Crippen molar-refractivity contribution in [2.75, 3.05) is 5.88 Å². The summed E-state index contributed by atoms with van der Waals surface area (Å²) in [5, 5.41) is 10.7. The van der Waals surface area contributed by atoms with E-state index in [1.165, 1.54) is 25.1 Å². The van der Waals surface area contributed by atoms with Crippen LogP contribution in [-0.4, -0.2) is 10.8 Å². The summed E-state index contributed by atoms with van der Waals surface area (Å²) in [4.78, 5) is 10.1. The summed E-state index contributed by atoms with van der Waals surface area (Å²) >= 11 is 5.46. The van der Waals surface area contributed by atoms with Crippen LogP contribution in [0.15, 0.2) is 18.2 Å². The van der Waals surface area contributed by atoms with Crippen molar-refractivity contribution >= 4 is 23.4 Å². The second kappa shape index (κ2) is 5.61. The van der Waals surface area contributed by atoms with Crippen molar-refractivity contribution in [1.29, 1.82) is 0 Å². The third-order valence-corrected chi connectivity index (χ3v) is 2.30. The Morgan fingerprint density at radius 2 is 2.25 bits per heavy atom. The first-order valence-corrected chi connectivity index (χ1v) is 5.26. The zero-order valence-electron chi connectivity index (χ0n) is 8.74. The quantitative estimate of drug-likeness (QED) is 0.460. The van der Waals surface area contributed by atoms with Gasteiger partial charge in [0.25, 0.3) is 5.69 Å². The molecule has 16 heavy (non-hydrogen) atoms. The molecular formula is C11H11ClFNO2. The van der Waals surface area contributed by atoms with Gasteiger partial charge in [0.05, 0.1) is 4.92 Å². The van der Waals surface area contributed by atoms with E-state index in [2.05, 4.69) is 0 Å². The van der Waals surface area contributed by atoms with Crippen molar-refractivity contribution in [2.24, 2.45) is 0 Å². The van der Waals surface area contributed by atoms with Gasteiger partial charge in [0.1, 0.15) is 5.82 Å². The Kier molecular flexibility index (Phi) is 4.43. The Balaban J connectivity index is 3.09. The molecule has 0 N–H and O–H groups in total. The molecule has 0 aliphatic heterocycles. The lowest BCUT2D eigenvalue weighted by molar-refractivity contribution is -0.385.